The van der Waals surface area contributed by atoms with Crippen LogP contribution in [0, 0.1) is 0 Å². The number of amides is 1. The number of nitrogens with two attached hydrogens (primary N) is 1. The zero-order valence-electron chi connectivity index (χ0n) is 22.0. The van der Waals surface area contributed by atoms with Crippen molar-refractivity contribution < 1.29 is 27.8 Å². The van der Waals surface area contributed by atoms with Crippen molar-refractivity contribution in [2.24, 2.45) is 12.8 Å². The van der Waals surface area contributed by atoms with Crippen molar-refractivity contribution in [1.82, 2.24) is 19.3 Å². The number of benzene rings is 3. The summed E-state index contributed by atoms with van der Waals surface area (Å²) in [7, 11) is 1.76. The number of rotatable bonds is 8. The van der Waals surface area contributed by atoms with E-state index in [1.54, 1.807) is 16.3 Å². The van der Waals surface area contributed by atoms with Crippen molar-refractivity contribution in [3.8, 4) is 28.4 Å². The Morgan fingerprint density at radius 3 is 2.54 bits per heavy atom. The molecule has 1 atom stereocenters. The Morgan fingerprint density at radius 2 is 1.85 bits per heavy atom. The Morgan fingerprint density at radius 1 is 1.10 bits per heavy atom. The van der Waals surface area contributed by atoms with E-state index in [0.29, 0.717) is 11.2 Å². The third-order valence-electron chi connectivity index (χ3n) is 7.23. The molecule has 11 heteroatoms. The van der Waals surface area contributed by atoms with Crippen molar-refractivity contribution in [2.45, 2.75) is 37.8 Å². The van der Waals surface area contributed by atoms with E-state index >= 15 is 0 Å². The normalized spacial score (nSPS) is 14.4. The molecule has 0 bridgehead atoms. The zero-order chi connectivity index (χ0) is 28.9. The maximum absolute atomic E-state index is 13.3. The number of carbonyl (C=O) groups is 1. The molecule has 1 aliphatic carbocycles. The van der Waals surface area contributed by atoms with Crippen molar-refractivity contribution in [2.75, 3.05) is 0 Å². The Bertz CT molecular complexity index is 1760. The molecule has 0 saturated heterocycles. The van der Waals surface area contributed by atoms with Crippen LogP contribution >= 0.6 is 0 Å². The third-order valence-corrected chi connectivity index (χ3v) is 7.23. The van der Waals surface area contributed by atoms with Crippen LogP contribution in [-0.4, -0.2) is 36.7 Å². The van der Waals surface area contributed by atoms with Gasteiger partial charge in [-0.3, -0.25) is 9.48 Å². The molecule has 0 aliphatic heterocycles. The van der Waals surface area contributed by atoms with E-state index in [2.05, 4.69) is 9.84 Å². The Labute approximate surface area is 232 Å². The first-order chi connectivity index (χ1) is 19.6. The summed E-state index contributed by atoms with van der Waals surface area (Å²) < 4.78 is 47.8. The van der Waals surface area contributed by atoms with E-state index in [-0.39, 0.29) is 29.4 Å². The third kappa shape index (κ3) is 5.28. The van der Waals surface area contributed by atoms with Gasteiger partial charge in [0.1, 0.15) is 11.6 Å². The number of imidazole rings is 1. The predicted octanol–water partition coefficient (Wildman–Crippen LogP) is 5.71. The van der Waals surface area contributed by atoms with Crippen molar-refractivity contribution in [3.05, 3.63) is 89.7 Å². The predicted molar refractivity (Wildman–Crippen MR) is 146 cm³/mol. The molecule has 210 valence electrons. The summed E-state index contributed by atoms with van der Waals surface area (Å²) in [6.07, 6.45) is -2.04. The number of hydrogen-bond acceptors (Lipinski definition) is 5. The molecule has 3 aromatic carbocycles. The summed E-state index contributed by atoms with van der Waals surface area (Å²) >= 11 is 0. The maximum Gasteiger partial charge on any atom is 0.573 e. The van der Waals surface area contributed by atoms with Crippen LogP contribution < -0.4 is 10.5 Å². The highest BCUT2D eigenvalue weighted by Gasteiger charge is 2.36. The van der Waals surface area contributed by atoms with E-state index in [4.69, 9.17) is 10.7 Å². The minimum Gasteiger partial charge on any atom is -0.405 e. The molecule has 0 spiro atoms. The Kier molecular flexibility index (Phi) is 6.53. The summed E-state index contributed by atoms with van der Waals surface area (Å²) in [4.78, 5) is 16.5. The smallest absolute Gasteiger partial charge is 0.405 e. The first-order valence-electron chi connectivity index (χ1n) is 13.0. The minimum atomic E-state index is -4.98. The lowest BCUT2D eigenvalue weighted by atomic mass is 10.0. The zero-order valence-corrected chi connectivity index (χ0v) is 22.0. The van der Waals surface area contributed by atoms with Gasteiger partial charge < -0.3 is 20.1 Å². The fourth-order valence-corrected chi connectivity index (χ4v) is 5.19. The lowest BCUT2D eigenvalue weighted by Crippen LogP contribution is -2.19. The number of nitrogens with zero attached hydrogens (tertiary/aromatic N) is 4. The molecule has 5 aromatic rings. The molecule has 1 fully saturated rings. The van der Waals surface area contributed by atoms with Crippen molar-refractivity contribution in [3.63, 3.8) is 0 Å². The van der Waals surface area contributed by atoms with Crippen LogP contribution in [0.3, 0.4) is 0 Å². The van der Waals surface area contributed by atoms with Crippen LogP contribution in [0.25, 0.3) is 33.5 Å². The summed E-state index contributed by atoms with van der Waals surface area (Å²) in [6, 6.07) is 18.6. The highest BCUT2D eigenvalue weighted by molar-refractivity contribution is 5.96. The summed E-state index contributed by atoms with van der Waals surface area (Å²) in [6.45, 7) is 0.242. The van der Waals surface area contributed by atoms with E-state index in [1.165, 1.54) is 12.1 Å². The number of aliphatic hydroxyl groups is 1. The molecule has 1 saturated carbocycles. The number of hydrogen-bond donors (Lipinski definition) is 2. The van der Waals surface area contributed by atoms with Gasteiger partial charge in [-0.05, 0) is 42.7 Å². The van der Waals surface area contributed by atoms with Gasteiger partial charge in [0, 0.05) is 41.4 Å². The van der Waals surface area contributed by atoms with Gasteiger partial charge in [-0.2, -0.15) is 5.10 Å². The first-order valence-corrected chi connectivity index (χ1v) is 13.0. The molecule has 6 rings (SSSR count). The van der Waals surface area contributed by atoms with Crippen LogP contribution in [0.15, 0.2) is 72.9 Å². The molecule has 1 aliphatic rings. The van der Waals surface area contributed by atoms with E-state index in [9.17, 15) is 23.1 Å². The van der Waals surface area contributed by atoms with Crippen LogP contribution in [0.1, 0.15) is 46.5 Å². The quantitative estimate of drug-likeness (QED) is 0.252. The van der Waals surface area contributed by atoms with E-state index in [1.807, 2.05) is 54.7 Å². The molecular weight excluding hydrogens is 535 g/mol. The summed E-state index contributed by atoms with van der Waals surface area (Å²) in [5.41, 5.74) is 9.06. The van der Waals surface area contributed by atoms with E-state index in [0.717, 1.165) is 41.1 Å². The topological polar surface area (TPSA) is 108 Å². The molecule has 8 nitrogen and oxygen atoms in total. The largest absolute Gasteiger partial charge is 0.573 e. The number of alkyl halides is 3. The van der Waals surface area contributed by atoms with Crippen LogP contribution in [0.2, 0.25) is 0 Å². The first kappa shape index (κ1) is 26.6. The molecule has 41 heavy (non-hydrogen) atoms. The number of primary amides is 1. The highest BCUT2D eigenvalue weighted by atomic mass is 19.4. The van der Waals surface area contributed by atoms with E-state index < -0.39 is 24.1 Å². The van der Waals surface area contributed by atoms with Gasteiger partial charge in [0.15, 0.2) is 0 Å². The van der Waals surface area contributed by atoms with Crippen LogP contribution in [0.4, 0.5) is 13.2 Å². The van der Waals surface area contributed by atoms with Gasteiger partial charge in [-0.15, -0.1) is 13.2 Å². The van der Waals surface area contributed by atoms with Gasteiger partial charge in [0.25, 0.3) is 0 Å². The van der Waals surface area contributed by atoms with Gasteiger partial charge >= 0.3 is 6.36 Å². The van der Waals surface area contributed by atoms with Gasteiger partial charge in [0.05, 0.1) is 29.4 Å². The monoisotopic (exact) mass is 561 g/mol. The second-order valence-electron chi connectivity index (χ2n) is 10.1. The highest BCUT2D eigenvalue weighted by Crippen LogP contribution is 2.47. The number of aliphatic hydroxyl groups excluding tert-OH is 1. The minimum absolute atomic E-state index is 0.0804. The SMILES string of the molecule is Cn1c(-c2ccc(C(N)=O)cc2OC(F)(F)F)nc(-c2cccc3nn(C[C@H](O)c4ccccc4)cc23)c1C1CC1. The fourth-order valence-electron chi connectivity index (χ4n) is 5.19. The number of fused-ring (bicyclic) bond motifs is 1. The Hall–Kier alpha value is -4.64. The van der Waals surface area contributed by atoms with Crippen molar-refractivity contribution >= 4 is 16.8 Å². The van der Waals surface area contributed by atoms with Gasteiger partial charge in [-0.1, -0.05) is 42.5 Å². The molecule has 0 unspecified atom stereocenters. The van der Waals surface area contributed by atoms with Crippen LogP contribution in [-0.2, 0) is 13.6 Å². The average Bonchev–Trinajstić information content (AvgIpc) is 3.59. The molecule has 3 N–H and O–H groups in total. The number of carbonyl (C=O) groups excluding carboxylic acids is 1. The molecule has 1 amide bonds. The lowest BCUT2D eigenvalue weighted by molar-refractivity contribution is -0.274. The Balaban J connectivity index is 1.45. The molecule has 2 aromatic heterocycles. The fraction of sp³-hybridized carbons (Fsp3) is 0.233. The average molecular weight is 562 g/mol. The number of halogens is 3. The maximum atomic E-state index is 13.3. The molecular formula is C30H26F3N5O3. The van der Waals surface area contributed by atoms with Crippen molar-refractivity contribution in [1.29, 1.82) is 0 Å². The second-order valence-corrected chi connectivity index (χ2v) is 10.1. The molecule has 2 heterocycles. The second kappa shape index (κ2) is 10.1. The molecule has 0 radical (unpaired) electrons. The van der Waals surface area contributed by atoms with Gasteiger partial charge in [-0.25, -0.2) is 4.98 Å². The summed E-state index contributed by atoms with van der Waals surface area (Å²) in [5.74, 6) is -0.972. The lowest BCUT2D eigenvalue weighted by Gasteiger charge is -2.14. The van der Waals surface area contributed by atoms with Gasteiger partial charge in [0.2, 0.25) is 5.91 Å². The number of ether oxygens (including phenoxy) is 1. The van der Waals surface area contributed by atoms with Crippen LogP contribution in [0.5, 0.6) is 5.75 Å². The summed E-state index contributed by atoms with van der Waals surface area (Å²) in [5, 5.41) is 16.2. The standard InChI is InChI=1S/C30H26F3N5O3/c1-37-27(18-10-11-18)26(35-29(37)21-13-12-19(28(34)40)14-25(21)41-30(31,32)33)20-8-5-9-23-22(20)15-38(36-23)16-24(39)17-6-3-2-4-7-17/h2-9,12-15,18,24,39H,10-11,16H2,1H3,(H2,34,40)/t24-/m0/s1. The number of aromatic nitrogens is 4.